The quantitative estimate of drug-likeness (QED) is 0.161. The number of aromatic nitrogens is 2. The van der Waals surface area contributed by atoms with Crippen LogP contribution >= 0.6 is 0 Å². The first-order chi connectivity index (χ1) is 21.3. The number of nitrogens with one attached hydrogen (secondary N) is 2. The molecule has 3 aliphatic heterocycles. The highest BCUT2D eigenvalue weighted by Gasteiger charge is 2.52. The molecular formula is C37H38N4O3. The van der Waals surface area contributed by atoms with Gasteiger partial charge in [0.1, 0.15) is 12.3 Å². The van der Waals surface area contributed by atoms with Crippen LogP contribution in [0.1, 0.15) is 56.3 Å². The Morgan fingerprint density at radius 3 is 2.50 bits per heavy atom. The van der Waals surface area contributed by atoms with Gasteiger partial charge in [-0.05, 0) is 51.0 Å². The lowest BCUT2D eigenvalue weighted by Gasteiger charge is -2.48. The molecule has 4 atom stereocenters. The fourth-order valence-corrected chi connectivity index (χ4v) is 8.56. The number of methoxy groups -OCH3 is 1. The van der Waals surface area contributed by atoms with Crippen molar-refractivity contribution in [3.05, 3.63) is 95.2 Å². The van der Waals surface area contributed by atoms with Crippen molar-refractivity contribution in [1.29, 1.82) is 0 Å². The smallest absolute Gasteiger partial charge is 0.252 e. The molecule has 5 aromatic rings. The Labute approximate surface area is 256 Å². The Bertz CT molecular complexity index is 2130. The van der Waals surface area contributed by atoms with Crippen molar-refractivity contribution in [2.45, 2.75) is 58.7 Å². The molecule has 3 aromatic carbocycles. The predicted molar refractivity (Wildman–Crippen MR) is 177 cm³/mol. The second-order valence-electron chi connectivity index (χ2n) is 12.8. The lowest BCUT2D eigenvalue weighted by molar-refractivity contribution is -0.260. The van der Waals surface area contributed by atoms with E-state index in [4.69, 9.17) is 9.47 Å². The minimum absolute atomic E-state index is 0.00605. The zero-order chi connectivity index (χ0) is 30.5. The van der Waals surface area contributed by atoms with Crippen molar-refractivity contribution in [3.8, 4) is 0 Å². The van der Waals surface area contributed by atoms with Crippen LogP contribution in [0.15, 0.2) is 84.1 Å². The van der Waals surface area contributed by atoms with Gasteiger partial charge in [-0.15, -0.1) is 6.58 Å². The van der Waals surface area contributed by atoms with Crippen molar-refractivity contribution in [1.82, 2.24) is 19.8 Å². The van der Waals surface area contributed by atoms with Gasteiger partial charge >= 0.3 is 0 Å². The van der Waals surface area contributed by atoms with Crippen LogP contribution in [0.3, 0.4) is 0 Å². The van der Waals surface area contributed by atoms with Crippen LogP contribution in [0.4, 0.5) is 0 Å². The molecule has 1 saturated heterocycles. The Kier molecular flexibility index (Phi) is 5.93. The summed E-state index contributed by atoms with van der Waals surface area (Å²) in [5.74, 6) is 0.0361. The Hall–Kier alpha value is -4.33. The summed E-state index contributed by atoms with van der Waals surface area (Å²) < 4.78 is 18.5. The maximum absolute atomic E-state index is 13.6. The number of amides is 1. The Morgan fingerprint density at radius 2 is 1.80 bits per heavy atom. The molecular weight excluding hydrogens is 548 g/mol. The minimum atomic E-state index is -0.836. The summed E-state index contributed by atoms with van der Waals surface area (Å²) >= 11 is 0. The van der Waals surface area contributed by atoms with Crippen molar-refractivity contribution < 1.29 is 14.3 Å². The first-order valence-electron chi connectivity index (χ1n) is 15.5. The van der Waals surface area contributed by atoms with E-state index in [0.29, 0.717) is 13.1 Å². The van der Waals surface area contributed by atoms with Gasteiger partial charge in [0.25, 0.3) is 5.91 Å². The van der Waals surface area contributed by atoms with E-state index in [1.165, 1.54) is 11.1 Å². The van der Waals surface area contributed by atoms with Gasteiger partial charge in [-0.2, -0.15) is 0 Å². The lowest BCUT2D eigenvalue weighted by Crippen LogP contribution is -2.53. The number of para-hydroxylation sites is 2. The molecule has 3 aliphatic rings. The second-order valence-corrected chi connectivity index (χ2v) is 12.8. The van der Waals surface area contributed by atoms with Crippen molar-refractivity contribution >= 4 is 49.5 Å². The molecule has 0 spiro atoms. The zero-order valence-electron chi connectivity index (χ0n) is 26.0. The molecule has 2 bridgehead atoms. The van der Waals surface area contributed by atoms with Crippen molar-refractivity contribution in [2.24, 2.45) is 5.92 Å². The molecule has 0 radical (unpaired) electrons. The first kappa shape index (κ1) is 27.2. The van der Waals surface area contributed by atoms with E-state index in [2.05, 4.69) is 109 Å². The van der Waals surface area contributed by atoms with Crippen LogP contribution in [0.2, 0.25) is 0 Å². The van der Waals surface area contributed by atoms with E-state index < -0.39 is 5.72 Å². The molecule has 2 aromatic heterocycles. The van der Waals surface area contributed by atoms with Gasteiger partial charge in [-0.25, -0.2) is 0 Å². The van der Waals surface area contributed by atoms with Crippen molar-refractivity contribution in [3.63, 3.8) is 0 Å². The number of hydrogen-bond donors (Lipinski definition) is 2. The zero-order valence-corrected chi connectivity index (χ0v) is 26.0. The van der Waals surface area contributed by atoms with Gasteiger partial charge in [-0.3, -0.25) is 4.79 Å². The molecule has 7 nitrogen and oxygen atoms in total. The number of fused-ring (bicyclic) bond motifs is 13. The molecule has 2 N–H and O–H groups in total. The lowest BCUT2D eigenvalue weighted by atomic mass is 9.85. The van der Waals surface area contributed by atoms with E-state index in [1.807, 2.05) is 6.08 Å². The van der Waals surface area contributed by atoms with Gasteiger partial charge < -0.3 is 29.2 Å². The van der Waals surface area contributed by atoms with E-state index in [1.54, 1.807) is 7.11 Å². The highest BCUT2D eigenvalue weighted by atomic mass is 16.6. The minimum Gasteiger partial charge on any atom is -0.381 e. The van der Waals surface area contributed by atoms with Crippen molar-refractivity contribution in [2.75, 3.05) is 13.7 Å². The van der Waals surface area contributed by atoms with E-state index in [9.17, 15) is 4.79 Å². The number of hydrogen-bond acceptors (Lipinski definition) is 4. The third-order valence-electron chi connectivity index (χ3n) is 10.0. The number of benzene rings is 3. The second kappa shape index (κ2) is 9.58. The molecule has 1 fully saturated rings. The Balaban J connectivity index is 1.50. The van der Waals surface area contributed by atoms with Crippen LogP contribution in [0.25, 0.3) is 43.6 Å². The largest absolute Gasteiger partial charge is 0.381 e. The number of nitrogens with zero attached hydrogens (tertiary/aromatic N) is 2. The molecule has 8 rings (SSSR count). The molecule has 7 heteroatoms. The first-order valence-corrected chi connectivity index (χ1v) is 15.5. The molecule has 0 saturated carbocycles. The fourth-order valence-electron chi connectivity index (χ4n) is 8.56. The van der Waals surface area contributed by atoms with Crippen LogP contribution in [0, 0.1) is 5.92 Å². The SMILES string of the molecule is C=CCNC(=C(C)C)/C(C)=C/[C@@H]1C[C@H]2O[C@@](C)([C@@H]1OC)n1c3ccccc3c3c4c(c5c6ccccc6n2c5c31)C(=O)NC4. The standard InChI is InChI=1S/C37H38N4O3/c1-7-16-38-32(20(2)3)21(4)17-22-18-28-40-26-14-10-8-12-23(26)30-31-25(19-39-36(31)42)29-24-13-9-11-15-27(24)41(34(29)33(30)40)37(5,44-28)35(22)43-6/h7-15,17,22,28,35,38H,1,16,18-19H2,2-6H3,(H,39,42)/b21-17+/t22-,28-,35-,37+/m1/s1. The maximum Gasteiger partial charge on any atom is 0.252 e. The molecule has 1 amide bonds. The van der Waals surface area contributed by atoms with E-state index in [-0.39, 0.29) is 24.2 Å². The van der Waals surface area contributed by atoms with Gasteiger partial charge in [0.2, 0.25) is 0 Å². The maximum atomic E-state index is 13.6. The molecule has 5 heterocycles. The predicted octanol–water partition coefficient (Wildman–Crippen LogP) is 7.40. The summed E-state index contributed by atoms with van der Waals surface area (Å²) in [5.41, 5.74) is 8.90. The number of ether oxygens (including phenoxy) is 2. The monoisotopic (exact) mass is 586 g/mol. The number of carbonyl (C=O) groups is 1. The number of rotatable bonds is 6. The summed E-state index contributed by atoms with van der Waals surface area (Å²) in [6.07, 6.45) is 4.44. The average Bonchev–Trinajstić information content (AvgIpc) is 3.65. The number of carbonyl (C=O) groups excluding carboxylic acids is 1. The molecule has 0 unspecified atom stereocenters. The summed E-state index contributed by atoms with van der Waals surface area (Å²) in [7, 11) is 1.80. The summed E-state index contributed by atoms with van der Waals surface area (Å²) in [6.45, 7) is 13.7. The summed E-state index contributed by atoms with van der Waals surface area (Å²) in [5, 5.41) is 11.1. The van der Waals surface area contributed by atoms with Gasteiger partial charge in [0, 0.05) is 59.8 Å². The molecule has 224 valence electrons. The highest BCUT2D eigenvalue weighted by Crippen LogP contribution is 2.55. The Morgan fingerprint density at radius 1 is 1.09 bits per heavy atom. The van der Waals surface area contributed by atoms with Crippen LogP contribution in [-0.2, 0) is 21.7 Å². The third-order valence-corrected chi connectivity index (χ3v) is 10.0. The van der Waals surface area contributed by atoms with Gasteiger partial charge in [0.15, 0.2) is 5.72 Å². The summed E-state index contributed by atoms with van der Waals surface area (Å²) in [4.78, 5) is 13.6. The third kappa shape index (κ3) is 3.42. The topological polar surface area (TPSA) is 69.5 Å². The number of allylic oxidation sites excluding steroid dienone is 2. The van der Waals surface area contributed by atoms with E-state index >= 15 is 0 Å². The van der Waals surface area contributed by atoms with Crippen LogP contribution in [-0.4, -0.2) is 34.8 Å². The summed E-state index contributed by atoms with van der Waals surface area (Å²) in [6, 6.07) is 17.0. The molecule has 44 heavy (non-hydrogen) atoms. The van der Waals surface area contributed by atoms with Gasteiger partial charge in [-0.1, -0.05) is 54.1 Å². The van der Waals surface area contributed by atoms with Crippen LogP contribution < -0.4 is 10.6 Å². The molecule has 0 aliphatic carbocycles. The van der Waals surface area contributed by atoms with Gasteiger partial charge in [0.05, 0.1) is 27.6 Å². The average molecular weight is 587 g/mol. The normalized spacial score (nSPS) is 24.2. The highest BCUT2D eigenvalue weighted by molar-refractivity contribution is 6.31. The fraction of sp³-hybridized carbons (Fsp3) is 0.324. The van der Waals surface area contributed by atoms with E-state index in [0.717, 1.165) is 66.9 Å². The van der Waals surface area contributed by atoms with Crippen LogP contribution in [0.5, 0.6) is 0 Å².